The molecular weight excluding hydrogens is 548 g/mol. The molecule has 3 aliphatic rings. The maximum Gasteiger partial charge on any atom is 0.318 e. The van der Waals surface area contributed by atoms with E-state index in [1.54, 1.807) is 12.4 Å². The van der Waals surface area contributed by atoms with Crippen LogP contribution in [-0.4, -0.2) is 63.2 Å². The number of rotatable bonds is 5. The van der Waals surface area contributed by atoms with Crippen LogP contribution < -0.4 is 14.5 Å². The number of ether oxygens (including phenoxy) is 1. The Morgan fingerprint density at radius 2 is 2.00 bits per heavy atom. The van der Waals surface area contributed by atoms with Crippen molar-refractivity contribution in [3.05, 3.63) is 70.4 Å². The van der Waals surface area contributed by atoms with Crippen LogP contribution in [0, 0.1) is 11.8 Å². The molecule has 1 saturated heterocycles. The largest absolute Gasteiger partial charge is 0.462 e. The van der Waals surface area contributed by atoms with E-state index in [0.717, 1.165) is 52.9 Å². The van der Waals surface area contributed by atoms with Crippen molar-refractivity contribution in [2.75, 3.05) is 36.5 Å². The summed E-state index contributed by atoms with van der Waals surface area (Å²) in [5.41, 5.74) is 3.12. The molecule has 214 valence electrons. The van der Waals surface area contributed by atoms with E-state index in [-0.39, 0.29) is 11.9 Å². The van der Waals surface area contributed by atoms with E-state index in [9.17, 15) is 8.78 Å². The van der Waals surface area contributed by atoms with E-state index in [1.807, 2.05) is 22.8 Å². The van der Waals surface area contributed by atoms with Crippen molar-refractivity contribution in [2.24, 2.45) is 0 Å². The second-order valence-corrected chi connectivity index (χ2v) is 11.8. The molecule has 0 N–H and O–H groups in total. The zero-order valence-corrected chi connectivity index (χ0v) is 23.9. The van der Waals surface area contributed by atoms with E-state index < -0.39 is 5.95 Å². The van der Waals surface area contributed by atoms with Crippen LogP contribution in [0.2, 0.25) is 5.02 Å². The summed E-state index contributed by atoms with van der Waals surface area (Å²) in [5.74, 6) is 0.00642. The van der Waals surface area contributed by atoms with Gasteiger partial charge in [-0.15, -0.1) is 0 Å². The molecule has 0 spiro atoms. The minimum absolute atomic E-state index is 0.0629. The molecule has 3 aliphatic heterocycles. The Hall–Kier alpha value is -3.50. The molecular formula is C30H32ClF2N7O. The van der Waals surface area contributed by atoms with Crippen molar-refractivity contribution in [3.63, 3.8) is 0 Å². The number of imidazole rings is 1. The Balaban J connectivity index is 1.27. The summed E-state index contributed by atoms with van der Waals surface area (Å²) in [6, 6.07) is 9.28. The Morgan fingerprint density at radius 1 is 1.12 bits per heavy atom. The Morgan fingerprint density at radius 3 is 2.83 bits per heavy atom. The highest BCUT2D eigenvalue weighted by atomic mass is 35.5. The SMILES string of the molecule is C[C@@H]1Cn2cnc(F)c2CN1c1nc(OC[C@@H]2CCCN2C)nc2c1CCN(c1cc(F)cc3cccc(Cl)c13)C2. The highest BCUT2D eigenvalue weighted by Crippen LogP contribution is 2.38. The molecule has 2 aromatic carbocycles. The van der Waals surface area contributed by atoms with Gasteiger partial charge in [0.25, 0.3) is 0 Å². The lowest BCUT2D eigenvalue weighted by molar-refractivity contribution is 0.187. The molecule has 41 heavy (non-hydrogen) atoms. The molecule has 8 nitrogen and oxygen atoms in total. The van der Waals surface area contributed by atoms with Crippen molar-refractivity contribution in [2.45, 2.75) is 57.9 Å². The predicted molar refractivity (Wildman–Crippen MR) is 155 cm³/mol. The van der Waals surface area contributed by atoms with Crippen LogP contribution in [0.25, 0.3) is 10.8 Å². The van der Waals surface area contributed by atoms with Gasteiger partial charge in [-0.2, -0.15) is 14.4 Å². The van der Waals surface area contributed by atoms with E-state index >= 15 is 0 Å². The second kappa shape index (κ2) is 10.4. The van der Waals surface area contributed by atoms with Gasteiger partial charge in [-0.3, -0.25) is 0 Å². The van der Waals surface area contributed by atoms with Crippen molar-refractivity contribution in [1.29, 1.82) is 0 Å². The zero-order chi connectivity index (χ0) is 28.2. The van der Waals surface area contributed by atoms with Crippen LogP contribution in [0.1, 0.15) is 36.7 Å². The fourth-order valence-electron chi connectivity index (χ4n) is 6.51. The first-order chi connectivity index (χ1) is 19.9. The fourth-order valence-corrected chi connectivity index (χ4v) is 6.79. The Kier molecular flexibility index (Phi) is 6.70. The molecule has 7 rings (SSSR count). The van der Waals surface area contributed by atoms with Gasteiger partial charge in [0, 0.05) is 41.8 Å². The highest BCUT2D eigenvalue weighted by molar-refractivity contribution is 6.36. The maximum absolute atomic E-state index is 14.7. The molecule has 4 aromatic rings. The number of likely N-dealkylation sites (N-methyl/N-ethyl adjacent to an activating group) is 1. The summed E-state index contributed by atoms with van der Waals surface area (Å²) in [5, 5.41) is 2.16. The van der Waals surface area contributed by atoms with E-state index in [0.29, 0.717) is 62.0 Å². The number of benzene rings is 2. The van der Waals surface area contributed by atoms with Crippen LogP contribution in [-0.2, 0) is 26.1 Å². The van der Waals surface area contributed by atoms with Crippen molar-refractivity contribution >= 4 is 33.9 Å². The predicted octanol–water partition coefficient (Wildman–Crippen LogP) is 5.20. The number of halogens is 3. The van der Waals surface area contributed by atoms with Gasteiger partial charge < -0.3 is 24.0 Å². The molecule has 0 saturated carbocycles. The third-order valence-electron chi connectivity index (χ3n) is 8.79. The van der Waals surface area contributed by atoms with Gasteiger partial charge in [0.05, 0.1) is 35.8 Å². The monoisotopic (exact) mass is 579 g/mol. The summed E-state index contributed by atoms with van der Waals surface area (Å²) < 4.78 is 37.4. The van der Waals surface area contributed by atoms with Crippen LogP contribution in [0.3, 0.4) is 0 Å². The summed E-state index contributed by atoms with van der Waals surface area (Å²) in [6.45, 7) is 5.70. The van der Waals surface area contributed by atoms with Crippen LogP contribution in [0.5, 0.6) is 6.01 Å². The molecule has 0 radical (unpaired) electrons. The quantitative estimate of drug-likeness (QED) is 0.322. The van der Waals surface area contributed by atoms with Crippen molar-refractivity contribution < 1.29 is 13.5 Å². The zero-order valence-electron chi connectivity index (χ0n) is 23.2. The molecule has 2 atom stereocenters. The van der Waals surface area contributed by atoms with Gasteiger partial charge in [-0.25, -0.2) is 9.37 Å². The summed E-state index contributed by atoms with van der Waals surface area (Å²) >= 11 is 6.62. The number of anilines is 2. The van der Waals surface area contributed by atoms with Crippen LogP contribution in [0.4, 0.5) is 20.3 Å². The van der Waals surface area contributed by atoms with Gasteiger partial charge in [-0.1, -0.05) is 23.7 Å². The first-order valence-electron chi connectivity index (χ1n) is 14.2. The highest BCUT2D eigenvalue weighted by Gasteiger charge is 2.33. The first kappa shape index (κ1) is 26.4. The standard InChI is InChI=1S/C30H32ClF2N7O/c1-18-13-39-17-34-28(33)26(39)15-40(18)29-22-8-10-38(25-12-20(32)11-19-5-3-7-23(31)27(19)25)14-24(22)35-30(36-29)41-16-21-6-4-9-37(21)2/h3,5,7,11-12,17-18,21H,4,6,8-10,13-16H2,1-2H3/t18-,21+/m1/s1. The van der Waals surface area contributed by atoms with Gasteiger partial charge in [0.1, 0.15) is 18.2 Å². The number of hydrogen-bond acceptors (Lipinski definition) is 7. The number of aromatic nitrogens is 4. The molecule has 2 aromatic heterocycles. The molecule has 0 aliphatic carbocycles. The average molecular weight is 580 g/mol. The minimum atomic E-state index is -0.452. The van der Waals surface area contributed by atoms with Gasteiger partial charge >= 0.3 is 6.01 Å². The molecule has 0 amide bonds. The average Bonchev–Trinajstić information content (AvgIpc) is 3.54. The van der Waals surface area contributed by atoms with Crippen LogP contribution >= 0.6 is 11.6 Å². The second-order valence-electron chi connectivity index (χ2n) is 11.4. The molecule has 0 bridgehead atoms. The number of nitrogens with zero attached hydrogens (tertiary/aromatic N) is 7. The smallest absolute Gasteiger partial charge is 0.318 e. The third-order valence-corrected chi connectivity index (χ3v) is 9.11. The van der Waals surface area contributed by atoms with Gasteiger partial charge in [0.15, 0.2) is 0 Å². The summed E-state index contributed by atoms with van der Waals surface area (Å²) in [6.07, 6.45) is 4.42. The number of hydrogen-bond donors (Lipinski definition) is 0. The number of likely N-dealkylation sites (tertiary alicyclic amines) is 1. The van der Waals surface area contributed by atoms with Gasteiger partial charge in [-0.05, 0) is 63.4 Å². The lowest BCUT2D eigenvalue weighted by atomic mass is 10.0. The Labute approximate surface area is 242 Å². The Bertz CT molecular complexity index is 1630. The van der Waals surface area contributed by atoms with E-state index in [4.69, 9.17) is 26.3 Å². The summed E-state index contributed by atoms with van der Waals surface area (Å²) in [4.78, 5) is 20.3. The van der Waals surface area contributed by atoms with E-state index in [2.05, 4.69) is 33.7 Å². The maximum atomic E-state index is 14.7. The van der Waals surface area contributed by atoms with Crippen LogP contribution in [0.15, 0.2) is 36.7 Å². The number of fused-ring (bicyclic) bond motifs is 3. The fraction of sp³-hybridized carbons (Fsp3) is 0.433. The normalized spacial score (nSPS) is 20.9. The van der Waals surface area contributed by atoms with Gasteiger partial charge in [0.2, 0.25) is 5.95 Å². The summed E-state index contributed by atoms with van der Waals surface area (Å²) in [7, 11) is 2.11. The topological polar surface area (TPSA) is 62.6 Å². The molecule has 1 fully saturated rings. The molecule has 11 heteroatoms. The molecule has 5 heterocycles. The lowest BCUT2D eigenvalue weighted by Crippen LogP contribution is -2.43. The first-order valence-corrected chi connectivity index (χ1v) is 14.5. The third kappa shape index (κ3) is 4.76. The van der Waals surface area contributed by atoms with E-state index in [1.165, 1.54) is 6.07 Å². The molecule has 0 unspecified atom stereocenters. The minimum Gasteiger partial charge on any atom is -0.462 e. The van der Waals surface area contributed by atoms with Crippen molar-refractivity contribution in [3.8, 4) is 6.01 Å². The lowest BCUT2D eigenvalue weighted by Gasteiger charge is -2.38. The van der Waals surface area contributed by atoms with Crippen molar-refractivity contribution in [1.82, 2.24) is 24.4 Å².